The third-order valence-electron chi connectivity index (χ3n) is 2.03. The van der Waals surface area contributed by atoms with Crippen molar-refractivity contribution in [1.82, 2.24) is 9.97 Å². The van der Waals surface area contributed by atoms with E-state index in [2.05, 4.69) is 9.97 Å². The van der Waals surface area contributed by atoms with Crippen LogP contribution in [0.25, 0.3) is 11.3 Å². The number of nitrogens with one attached hydrogen (secondary N) is 1. The van der Waals surface area contributed by atoms with Gasteiger partial charge in [0.2, 0.25) is 0 Å². The molecule has 0 saturated heterocycles. The fourth-order valence-electron chi connectivity index (χ4n) is 1.32. The lowest BCUT2D eigenvalue weighted by Crippen LogP contribution is -1.90. The molecule has 0 saturated carbocycles. The number of aliphatic hydroxyl groups excluding tert-OH is 1. The Bertz CT molecular complexity index is 436. The second-order valence-electron chi connectivity index (χ2n) is 2.99. The molecule has 0 unspecified atom stereocenters. The van der Waals surface area contributed by atoms with Crippen LogP contribution < -0.4 is 5.73 Å². The summed E-state index contributed by atoms with van der Waals surface area (Å²) in [4.78, 5) is 6.97. The first-order chi connectivity index (χ1) is 6.81. The van der Waals surface area contributed by atoms with E-state index >= 15 is 0 Å². The molecule has 4 N–H and O–H groups in total. The largest absolute Gasteiger partial charge is 0.398 e. The van der Waals surface area contributed by atoms with E-state index < -0.39 is 0 Å². The van der Waals surface area contributed by atoms with Crippen molar-refractivity contribution < 1.29 is 5.11 Å². The summed E-state index contributed by atoms with van der Waals surface area (Å²) in [5.41, 5.74) is 8.22. The summed E-state index contributed by atoms with van der Waals surface area (Å²) in [7, 11) is 0. The van der Waals surface area contributed by atoms with Crippen molar-refractivity contribution in [2.45, 2.75) is 6.61 Å². The maximum atomic E-state index is 8.84. The van der Waals surface area contributed by atoms with Crippen LogP contribution in [0.5, 0.6) is 0 Å². The number of benzene rings is 1. The standard InChI is InChI=1S/C10H11N3O/c11-8-4-2-1-3-7(8)9-5-12-10(6-14)13-9/h1-5,14H,6,11H2,(H,12,13). The van der Waals surface area contributed by atoms with Crippen LogP contribution >= 0.6 is 0 Å². The number of imidazole rings is 1. The minimum Gasteiger partial charge on any atom is -0.398 e. The minimum atomic E-state index is -0.0905. The number of anilines is 1. The van der Waals surface area contributed by atoms with Crippen LogP contribution in [0.15, 0.2) is 30.5 Å². The first-order valence-electron chi connectivity index (χ1n) is 4.31. The van der Waals surface area contributed by atoms with Gasteiger partial charge in [-0.3, -0.25) is 0 Å². The number of nitrogens with zero attached hydrogens (tertiary/aromatic N) is 1. The molecule has 0 bridgehead atoms. The number of hydrogen-bond acceptors (Lipinski definition) is 3. The number of nitrogens with two attached hydrogens (primary N) is 1. The highest BCUT2D eigenvalue weighted by molar-refractivity contribution is 5.73. The molecule has 2 aromatic rings. The zero-order valence-electron chi connectivity index (χ0n) is 7.57. The van der Waals surface area contributed by atoms with Gasteiger partial charge in [-0.05, 0) is 6.07 Å². The Labute approximate surface area is 81.4 Å². The molecule has 0 atom stereocenters. The molecule has 0 spiro atoms. The van der Waals surface area contributed by atoms with Crippen molar-refractivity contribution in [1.29, 1.82) is 0 Å². The monoisotopic (exact) mass is 189 g/mol. The first-order valence-corrected chi connectivity index (χ1v) is 4.31. The Morgan fingerprint density at radius 1 is 1.36 bits per heavy atom. The van der Waals surface area contributed by atoms with E-state index in [9.17, 15) is 0 Å². The number of aromatic amines is 1. The maximum Gasteiger partial charge on any atom is 0.132 e. The van der Waals surface area contributed by atoms with Gasteiger partial charge in [-0.25, -0.2) is 4.98 Å². The van der Waals surface area contributed by atoms with Crippen LogP contribution in [-0.2, 0) is 6.61 Å². The van der Waals surface area contributed by atoms with Gasteiger partial charge < -0.3 is 15.8 Å². The van der Waals surface area contributed by atoms with Crippen LogP contribution in [0, 0.1) is 0 Å². The van der Waals surface area contributed by atoms with E-state index in [0.717, 1.165) is 11.3 Å². The minimum absolute atomic E-state index is 0.0905. The van der Waals surface area contributed by atoms with Crippen LogP contribution in [0.2, 0.25) is 0 Å². The van der Waals surface area contributed by atoms with Gasteiger partial charge in [0.25, 0.3) is 0 Å². The fourth-order valence-corrected chi connectivity index (χ4v) is 1.32. The Kier molecular flexibility index (Phi) is 2.20. The van der Waals surface area contributed by atoms with Crippen molar-refractivity contribution in [3.63, 3.8) is 0 Å². The lowest BCUT2D eigenvalue weighted by Gasteiger charge is -2.01. The van der Waals surface area contributed by atoms with E-state index in [1.807, 2.05) is 24.3 Å². The molecule has 1 heterocycles. The van der Waals surface area contributed by atoms with E-state index in [0.29, 0.717) is 11.5 Å². The molecule has 0 aliphatic heterocycles. The Morgan fingerprint density at radius 3 is 2.79 bits per heavy atom. The van der Waals surface area contributed by atoms with Crippen LogP contribution in [0.1, 0.15) is 5.82 Å². The molecule has 14 heavy (non-hydrogen) atoms. The highest BCUT2D eigenvalue weighted by atomic mass is 16.3. The van der Waals surface area contributed by atoms with Gasteiger partial charge in [-0.1, -0.05) is 18.2 Å². The van der Waals surface area contributed by atoms with Crippen LogP contribution in [0.4, 0.5) is 5.69 Å². The van der Waals surface area contributed by atoms with E-state index in [-0.39, 0.29) is 6.61 Å². The number of H-pyrrole nitrogens is 1. The molecular formula is C10H11N3O. The van der Waals surface area contributed by atoms with Crippen molar-refractivity contribution in [3.8, 4) is 11.3 Å². The SMILES string of the molecule is Nc1ccccc1-c1cnc(CO)[nH]1. The van der Waals surface area contributed by atoms with E-state index in [1.165, 1.54) is 0 Å². The summed E-state index contributed by atoms with van der Waals surface area (Å²) in [6.45, 7) is -0.0905. The lowest BCUT2D eigenvalue weighted by atomic mass is 10.1. The molecule has 4 nitrogen and oxygen atoms in total. The quantitative estimate of drug-likeness (QED) is 0.620. The molecular weight excluding hydrogens is 178 g/mol. The fraction of sp³-hybridized carbons (Fsp3) is 0.100. The number of nitrogen functional groups attached to an aromatic ring is 1. The summed E-state index contributed by atoms with van der Waals surface area (Å²) in [6.07, 6.45) is 1.66. The number of para-hydroxylation sites is 1. The summed E-state index contributed by atoms with van der Waals surface area (Å²) >= 11 is 0. The topological polar surface area (TPSA) is 74.9 Å². The van der Waals surface area contributed by atoms with Gasteiger partial charge in [0, 0.05) is 11.3 Å². The van der Waals surface area contributed by atoms with Crippen LogP contribution in [0.3, 0.4) is 0 Å². The average Bonchev–Trinajstić information content (AvgIpc) is 2.67. The lowest BCUT2D eigenvalue weighted by molar-refractivity contribution is 0.272. The van der Waals surface area contributed by atoms with Crippen molar-refractivity contribution in [3.05, 3.63) is 36.3 Å². The van der Waals surface area contributed by atoms with Gasteiger partial charge in [0.05, 0.1) is 11.9 Å². The molecule has 72 valence electrons. The van der Waals surface area contributed by atoms with Crippen LogP contribution in [-0.4, -0.2) is 15.1 Å². The third-order valence-corrected chi connectivity index (χ3v) is 2.03. The normalized spacial score (nSPS) is 10.4. The van der Waals surface area contributed by atoms with Crippen molar-refractivity contribution in [2.24, 2.45) is 0 Å². The van der Waals surface area contributed by atoms with Gasteiger partial charge in [-0.2, -0.15) is 0 Å². The van der Waals surface area contributed by atoms with Gasteiger partial charge >= 0.3 is 0 Å². The van der Waals surface area contributed by atoms with Crippen molar-refractivity contribution in [2.75, 3.05) is 5.73 Å². The zero-order valence-corrected chi connectivity index (χ0v) is 7.57. The highest BCUT2D eigenvalue weighted by Gasteiger charge is 2.04. The Hall–Kier alpha value is -1.81. The van der Waals surface area contributed by atoms with Gasteiger partial charge in [0.15, 0.2) is 0 Å². The van der Waals surface area contributed by atoms with E-state index in [1.54, 1.807) is 6.20 Å². The highest BCUT2D eigenvalue weighted by Crippen LogP contribution is 2.23. The molecule has 0 aliphatic carbocycles. The third kappa shape index (κ3) is 1.47. The molecule has 1 aromatic carbocycles. The Balaban J connectivity index is 2.44. The molecule has 0 amide bonds. The molecule has 2 rings (SSSR count). The zero-order chi connectivity index (χ0) is 9.97. The number of hydrogen-bond donors (Lipinski definition) is 3. The Morgan fingerprint density at radius 2 is 2.14 bits per heavy atom. The molecule has 1 aromatic heterocycles. The first kappa shape index (κ1) is 8.77. The summed E-state index contributed by atoms with van der Waals surface area (Å²) in [5.74, 6) is 0.545. The van der Waals surface area contributed by atoms with E-state index in [4.69, 9.17) is 10.8 Å². The predicted molar refractivity (Wildman–Crippen MR) is 54.4 cm³/mol. The van der Waals surface area contributed by atoms with Gasteiger partial charge in [-0.15, -0.1) is 0 Å². The summed E-state index contributed by atoms with van der Waals surface area (Å²) in [5, 5.41) is 8.84. The van der Waals surface area contributed by atoms with Crippen molar-refractivity contribution >= 4 is 5.69 Å². The van der Waals surface area contributed by atoms with Gasteiger partial charge in [0.1, 0.15) is 12.4 Å². The second kappa shape index (κ2) is 3.51. The number of aliphatic hydroxyl groups is 1. The maximum absolute atomic E-state index is 8.84. The smallest absolute Gasteiger partial charge is 0.132 e. The molecule has 4 heteroatoms. The molecule has 0 radical (unpaired) electrons. The summed E-state index contributed by atoms with van der Waals surface area (Å²) < 4.78 is 0. The predicted octanol–water partition coefficient (Wildman–Crippen LogP) is 1.15. The molecule has 0 fully saturated rings. The second-order valence-corrected chi connectivity index (χ2v) is 2.99. The number of rotatable bonds is 2. The molecule has 0 aliphatic rings. The summed E-state index contributed by atoms with van der Waals surface area (Å²) in [6, 6.07) is 7.52. The number of aromatic nitrogens is 2. The average molecular weight is 189 g/mol.